The van der Waals surface area contributed by atoms with Crippen LogP contribution < -0.4 is 0 Å². The molecule has 0 aliphatic rings. The molecule has 0 N–H and O–H groups in total. The Hall–Kier alpha value is -2.60. The van der Waals surface area contributed by atoms with Gasteiger partial charge in [-0.05, 0) is 64.1 Å². The Kier molecular flexibility index (Phi) is 3.38. The fourth-order valence-corrected chi connectivity index (χ4v) is 3.54. The van der Waals surface area contributed by atoms with Crippen LogP contribution in [0.2, 0.25) is 0 Å². The molecule has 0 amide bonds. The lowest BCUT2D eigenvalue weighted by Gasteiger charge is -2.12. The lowest BCUT2D eigenvalue weighted by atomic mass is 9.92. The third-order valence-electron chi connectivity index (χ3n) is 4.85. The van der Waals surface area contributed by atoms with Gasteiger partial charge in [0.05, 0.1) is 0 Å². The van der Waals surface area contributed by atoms with E-state index in [2.05, 4.69) is 86.6 Å². The summed E-state index contributed by atoms with van der Waals surface area (Å²) in [5, 5.41) is 5.47. The molecule has 0 aliphatic heterocycles. The van der Waals surface area contributed by atoms with Gasteiger partial charge in [0.2, 0.25) is 0 Å². The second-order valence-corrected chi connectivity index (χ2v) is 6.35. The minimum absolute atomic E-state index is 0.974. The topological polar surface area (TPSA) is 0 Å². The van der Waals surface area contributed by atoms with Gasteiger partial charge >= 0.3 is 0 Å². The Morgan fingerprint density at radius 3 is 1.30 bits per heavy atom. The molecule has 0 fully saturated rings. The number of hydrogen-bond acceptors (Lipinski definition) is 0. The number of aryl methyl sites for hydroxylation is 2. The van der Waals surface area contributed by atoms with Crippen molar-refractivity contribution in [1.82, 2.24) is 0 Å². The van der Waals surface area contributed by atoms with Gasteiger partial charge in [-0.15, -0.1) is 0 Å². The summed E-state index contributed by atoms with van der Waals surface area (Å²) in [4.78, 5) is 0. The molecular weight excluding hydrogens is 276 g/mol. The summed E-state index contributed by atoms with van der Waals surface area (Å²) in [6, 6.07) is 26.5. The van der Waals surface area contributed by atoms with E-state index in [0.29, 0.717) is 0 Å². The smallest absolute Gasteiger partial charge is 0.00135 e. The van der Waals surface area contributed by atoms with Crippen molar-refractivity contribution in [2.75, 3.05) is 0 Å². The van der Waals surface area contributed by atoms with E-state index in [0.717, 1.165) is 6.42 Å². The fourth-order valence-electron chi connectivity index (χ4n) is 3.54. The van der Waals surface area contributed by atoms with Gasteiger partial charge in [-0.1, -0.05) is 72.8 Å². The maximum Gasteiger partial charge on any atom is -0.00135 e. The molecule has 0 spiro atoms. The van der Waals surface area contributed by atoms with Gasteiger partial charge in [0.1, 0.15) is 0 Å². The van der Waals surface area contributed by atoms with E-state index in [1.165, 1.54) is 43.8 Å². The van der Waals surface area contributed by atoms with E-state index >= 15 is 0 Å². The number of hydrogen-bond donors (Lipinski definition) is 0. The van der Waals surface area contributed by atoms with Crippen LogP contribution in [0.1, 0.15) is 22.3 Å². The Bertz CT molecular complexity index is 926. The van der Waals surface area contributed by atoms with Crippen molar-refractivity contribution in [2.24, 2.45) is 0 Å². The molecule has 0 saturated heterocycles. The van der Waals surface area contributed by atoms with Gasteiger partial charge in [0.15, 0.2) is 0 Å². The van der Waals surface area contributed by atoms with Gasteiger partial charge in [-0.3, -0.25) is 0 Å². The van der Waals surface area contributed by atoms with Crippen molar-refractivity contribution in [3.63, 3.8) is 0 Å². The summed E-state index contributed by atoms with van der Waals surface area (Å²) in [6.07, 6.45) is 0.974. The quantitative estimate of drug-likeness (QED) is 0.413. The zero-order chi connectivity index (χ0) is 15.8. The van der Waals surface area contributed by atoms with Crippen LogP contribution in [-0.2, 0) is 6.42 Å². The van der Waals surface area contributed by atoms with Gasteiger partial charge in [0.25, 0.3) is 0 Å². The SMILES string of the molecule is Cc1ccc(Cc2ccc(C)c3ccccc23)c2ccccc12. The number of fused-ring (bicyclic) bond motifs is 2. The lowest BCUT2D eigenvalue weighted by Crippen LogP contribution is -1.93. The van der Waals surface area contributed by atoms with Gasteiger partial charge < -0.3 is 0 Å². The van der Waals surface area contributed by atoms with Gasteiger partial charge in [0, 0.05) is 0 Å². The predicted octanol–water partition coefficient (Wildman–Crippen LogP) is 6.20. The normalized spacial score (nSPS) is 11.2. The van der Waals surface area contributed by atoms with Crippen molar-refractivity contribution >= 4 is 21.5 Å². The number of rotatable bonds is 2. The third-order valence-corrected chi connectivity index (χ3v) is 4.85. The molecule has 0 unspecified atom stereocenters. The summed E-state index contributed by atoms with van der Waals surface area (Å²) < 4.78 is 0. The predicted molar refractivity (Wildman–Crippen MR) is 100 cm³/mol. The molecule has 0 heteroatoms. The molecule has 112 valence electrons. The van der Waals surface area contributed by atoms with Crippen molar-refractivity contribution in [3.05, 3.63) is 95.1 Å². The number of benzene rings is 4. The fraction of sp³-hybridized carbons (Fsp3) is 0.130. The van der Waals surface area contributed by atoms with Crippen LogP contribution in [-0.4, -0.2) is 0 Å². The lowest BCUT2D eigenvalue weighted by molar-refractivity contribution is 1.23. The molecule has 0 bridgehead atoms. The maximum atomic E-state index is 2.28. The van der Waals surface area contributed by atoms with Crippen LogP contribution in [0.25, 0.3) is 21.5 Å². The van der Waals surface area contributed by atoms with Crippen LogP contribution >= 0.6 is 0 Å². The molecule has 4 aromatic carbocycles. The molecule has 0 atom stereocenters. The standard InChI is InChI=1S/C23H20/c1-16-11-13-18(22-9-5-3-7-20(16)22)15-19-14-12-17(2)21-8-4-6-10-23(19)21/h3-14H,15H2,1-2H3. The van der Waals surface area contributed by atoms with Crippen LogP contribution in [0.4, 0.5) is 0 Å². The monoisotopic (exact) mass is 296 g/mol. The highest BCUT2D eigenvalue weighted by atomic mass is 14.1. The Labute approximate surface area is 137 Å². The molecule has 0 radical (unpaired) electrons. The van der Waals surface area contributed by atoms with Crippen molar-refractivity contribution in [3.8, 4) is 0 Å². The summed E-state index contributed by atoms with van der Waals surface area (Å²) in [7, 11) is 0. The van der Waals surface area contributed by atoms with Crippen LogP contribution in [0.15, 0.2) is 72.8 Å². The molecule has 0 nitrogen and oxygen atoms in total. The minimum Gasteiger partial charge on any atom is -0.0616 e. The molecule has 0 aliphatic carbocycles. The molecule has 0 saturated carbocycles. The van der Waals surface area contributed by atoms with E-state index in [-0.39, 0.29) is 0 Å². The van der Waals surface area contributed by atoms with Crippen LogP contribution in [0.5, 0.6) is 0 Å². The first kappa shape index (κ1) is 14.0. The Morgan fingerprint density at radius 1 is 0.478 bits per heavy atom. The summed E-state index contributed by atoms with van der Waals surface area (Å²) in [6.45, 7) is 4.38. The molecule has 4 aromatic rings. The molecule has 4 rings (SSSR count). The van der Waals surface area contributed by atoms with Crippen molar-refractivity contribution in [2.45, 2.75) is 20.3 Å². The molecular formula is C23H20. The van der Waals surface area contributed by atoms with Crippen LogP contribution in [0, 0.1) is 13.8 Å². The second kappa shape index (κ2) is 5.55. The Balaban J connectivity index is 1.89. The van der Waals surface area contributed by atoms with E-state index in [4.69, 9.17) is 0 Å². The maximum absolute atomic E-state index is 2.28. The second-order valence-electron chi connectivity index (χ2n) is 6.35. The Morgan fingerprint density at radius 2 is 0.870 bits per heavy atom. The zero-order valence-electron chi connectivity index (χ0n) is 13.6. The van der Waals surface area contributed by atoms with E-state index < -0.39 is 0 Å². The molecule has 23 heavy (non-hydrogen) atoms. The van der Waals surface area contributed by atoms with E-state index in [9.17, 15) is 0 Å². The zero-order valence-corrected chi connectivity index (χ0v) is 13.6. The van der Waals surface area contributed by atoms with Gasteiger partial charge in [-0.2, -0.15) is 0 Å². The van der Waals surface area contributed by atoms with E-state index in [1.54, 1.807) is 0 Å². The highest BCUT2D eigenvalue weighted by Crippen LogP contribution is 2.28. The summed E-state index contributed by atoms with van der Waals surface area (Å²) in [5.74, 6) is 0. The average Bonchev–Trinajstić information content (AvgIpc) is 2.60. The largest absolute Gasteiger partial charge is 0.0616 e. The molecule has 0 aromatic heterocycles. The highest BCUT2D eigenvalue weighted by Gasteiger charge is 2.07. The summed E-state index contributed by atoms with van der Waals surface area (Å²) >= 11 is 0. The van der Waals surface area contributed by atoms with Crippen LogP contribution in [0.3, 0.4) is 0 Å². The van der Waals surface area contributed by atoms with Crippen molar-refractivity contribution in [1.29, 1.82) is 0 Å². The van der Waals surface area contributed by atoms with Crippen molar-refractivity contribution < 1.29 is 0 Å². The highest BCUT2D eigenvalue weighted by molar-refractivity contribution is 5.91. The summed E-state index contributed by atoms with van der Waals surface area (Å²) in [5.41, 5.74) is 5.50. The first-order valence-corrected chi connectivity index (χ1v) is 8.18. The minimum atomic E-state index is 0.974. The average molecular weight is 296 g/mol. The first-order chi connectivity index (χ1) is 11.2. The van der Waals surface area contributed by atoms with E-state index in [1.807, 2.05) is 0 Å². The molecule has 0 heterocycles. The third kappa shape index (κ3) is 2.41. The van der Waals surface area contributed by atoms with Gasteiger partial charge in [-0.25, -0.2) is 0 Å². The first-order valence-electron chi connectivity index (χ1n) is 8.18.